The number of allylic oxidation sites excluding steroid dienone is 1. The Kier molecular flexibility index (Phi) is 2.95. The van der Waals surface area contributed by atoms with Gasteiger partial charge in [0, 0.05) is 27.7 Å². The Morgan fingerprint density at radius 1 is 1.00 bits per heavy atom. The molecule has 5 rings (SSSR count). The summed E-state index contributed by atoms with van der Waals surface area (Å²) >= 11 is 0. The normalized spacial score (nSPS) is 19.2. The monoisotopic (exact) mass is 326 g/mol. The number of benzene rings is 2. The highest BCUT2D eigenvalue weighted by Crippen LogP contribution is 2.42. The number of hydrogen-bond donors (Lipinski definition) is 2. The van der Waals surface area contributed by atoms with E-state index in [0.29, 0.717) is 0 Å². The SMILES string of the molecule is CC1(c2nc(-c3ccccc3)n[nH]2)CC=Cc2c1[nH]c1ccccc21. The summed E-state index contributed by atoms with van der Waals surface area (Å²) in [6.45, 7) is 2.22. The maximum atomic E-state index is 4.82. The summed E-state index contributed by atoms with van der Waals surface area (Å²) in [6.07, 6.45) is 5.33. The summed E-state index contributed by atoms with van der Waals surface area (Å²) in [5.41, 5.74) is 4.39. The van der Waals surface area contributed by atoms with Crippen LogP contribution >= 0.6 is 0 Å². The van der Waals surface area contributed by atoms with Gasteiger partial charge in [-0.25, -0.2) is 4.98 Å². The van der Waals surface area contributed by atoms with E-state index < -0.39 is 0 Å². The first-order valence-corrected chi connectivity index (χ1v) is 8.52. The molecule has 0 fully saturated rings. The highest BCUT2D eigenvalue weighted by molar-refractivity contribution is 5.92. The molecule has 1 aliphatic rings. The van der Waals surface area contributed by atoms with Crippen molar-refractivity contribution in [1.82, 2.24) is 20.2 Å². The van der Waals surface area contributed by atoms with Gasteiger partial charge < -0.3 is 4.98 Å². The Hall–Kier alpha value is -3.14. The molecule has 0 saturated carbocycles. The van der Waals surface area contributed by atoms with Gasteiger partial charge in [-0.2, -0.15) is 5.10 Å². The standard InChI is InChI=1S/C21H18N4/c1-21(20-23-19(24-25-20)14-8-3-2-4-9-14)13-7-11-16-15-10-5-6-12-17(15)22-18(16)21/h2-12,22H,13H2,1H3,(H,23,24,25). The van der Waals surface area contributed by atoms with E-state index in [-0.39, 0.29) is 5.41 Å². The summed E-state index contributed by atoms with van der Waals surface area (Å²) in [5, 5.41) is 8.90. The molecule has 4 nitrogen and oxygen atoms in total. The van der Waals surface area contributed by atoms with Crippen molar-refractivity contribution in [1.29, 1.82) is 0 Å². The van der Waals surface area contributed by atoms with Gasteiger partial charge in [0.2, 0.25) is 0 Å². The number of aromatic nitrogens is 4. The number of para-hydroxylation sites is 1. The van der Waals surface area contributed by atoms with E-state index in [1.165, 1.54) is 16.6 Å². The van der Waals surface area contributed by atoms with Gasteiger partial charge in [0.1, 0.15) is 5.82 Å². The van der Waals surface area contributed by atoms with Crippen molar-refractivity contribution in [2.24, 2.45) is 0 Å². The Bertz CT molecular complexity index is 1090. The Morgan fingerprint density at radius 2 is 1.80 bits per heavy atom. The van der Waals surface area contributed by atoms with Crippen LogP contribution in [0.15, 0.2) is 60.7 Å². The molecule has 2 heterocycles. The fourth-order valence-corrected chi connectivity index (χ4v) is 3.73. The first-order chi connectivity index (χ1) is 12.3. The predicted molar refractivity (Wildman–Crippen MR) is 100 cm³/mol. The molecule has 1 unspecified atom stereocenters. The van der Waals surface area contributed by atoms with Gasteiger partial charge in [-0.15, -0.1) is 0 Å². The summed E-state index contributed by atoms with van der Waals surface area (Å²) in [4.78, 5) is 8.44. The minimum atomic E-state index is -0.247. The van der Waals surface area contributed by atoms with Crippen molar-refractivity contribution in [2.75, 3.05) is 0 Å². The number of nitrogens with zero attached hydrogens (tertiary/aromatic N) is 2. The molecule has 0 saturated heterocycles. The third-order valence-electron chi connectivity index (χ3n) is 5.15. The molecule has 4 heteroatoms. The second-order valence-corrected chi connectivity index (χ2v) is 6.77. The third kappa shape index (κ3) is 2.07. The van der Waals surface area contributed by atoms with Gasteiger partial charge in [-0.1, -0.05) is 60.7 Å². The quantitative estimate of drug-likeness (QED) is 0.562. The van der Waals surface area contributed by atoms with Crippen LogP contribution in [0.25, 0.3) is 28.4 Å². The second kappa shape index (κ2) is 5.18. The first kappa shape index (κ1) is 14.2. The van der Waals surface area contributed by atoms with Crippen LogP contribution in [0, 0.1) is 0 Å². The highest BCUT2D eigenvalue weighted by atomic mass is 15.2. The molecule has 0 radical (unpaired) electrons. The van der Waals surface area contributed by atoms with Crippen molar-refractivity contribution >= 4 is 17.0 Å². The minimum absolute atomic E-state index is 0.247. The number of nitrogens with one attached hydrogen (secondary N) is 2. The lowest BCUT2D eigenvalue weighted by Crippen LogP contribution is -2.27. The Morgan fingerprint density at radius 3 is 2.68 bits per heavy atom. The molecule has 0 amide bonds. The second-order valence-electron chi connectivity index (χ2n) is 6.77. The van der Waals surface area contributed by atoms with E-state index in [0.717, 1.165) is 29.1 Å². The third-order valence-corrected chi connectivity index (χ3v) is 5.15. The number of H-pyrrole nitrogens is 2. The van der Waals surface area contributed by atoms with E-state index in [1.807, 2.05) is 30.3 Å². The van der Waals surface area contributed by atoms with E-state index in [2.05, 4.69) is 58.5 Å². The maximum Gasteiger partial charge on any atom is 0.181 e. The molecular formula is C21H18N4. The highest BCUT2D eigenvalue weighted by Gasteiger charge is 2.37. The van der Waals surface area contributed by atoms with Gasteiger partial charge in [0.15, 0.2) is 5.82 Å². The fourth-order valence-electron chi connectivity index (χ4n) is 3.73. The van der Waals surface area contributed by atoms with Crippen molar-refractivity contribution in [3.05, 3.63) is 77.8 Å². The Balaban J connectivity index is 1.66. The number of fused-ring (bicyclic) bond motifs is 3. The molecule has 2 aromatic heterocycles. The predicted octanol–water partition coefficient (Wildman–Crippen LogP) is 4.68. The topological polar surface area (TPSA) is 57.4 Å². The van der Waals surface area contributed by atoms with Gasteiger partial charge >= 0.3 is 0 Å². The summed E-state index contributed by atoms with van der Waals surface area (Å²) in [6, 6.07) is 18.5. The zero-order valence-corrected chi connectivity index (χ0v) is 14.0. The van der Waals surface area contributed by atoms with Crippen LogP contribution in [0.3, 0.4) is 0 Å². The van der Waals surface area contributed by atoms with Crippen LogP contribution < -0.4 is 0 Å². The average molecular weight is 326 g/mol. The van der Waals surface area contributed by atoms with Crippen molar-refractivity contribution in [3.8, 4) is 11.4 Å². The van der Waals surface area contributed by atoms with Crippen molar-refractivity contribution < 1.29 is 0 Å². The zero-order chi connectivity index (χ0) is 16.9. The lowest BCUT2D eigenvalue weighted by atomic mass is 9.77. The molecule has 1 aliphatic carbocycles. The molecule has 0 spiro atoms. The van der Waals surface area contributed by atoms with Crippen LogP contribution in [-0.2, 0) is 5.41 Å². The molecule has 1 atom stereocenters. The first-order valence-electron chi connectivity index (χ1n) is 8.52. The molecule has 0 aliphatic heterocycles. The summed E-state index contributed by atoms with van der Waals surface area (Å²) in [5.74, 6) is 1.63. The van der Waals surface area contributed by atoms with Crippen LogP contribution in [-0.4, -0.2) is 20.2 Å². The van der Waals surface area contributed by atoms with E-state index in [4.69, 9.17) is 4.98 Å². The van der Waals surface area contributed by atoms with Gasteiger partial charge in [-0.3, -0.25) is 5.10 Å². The number of rotatable bonds is 2. The molecular weight excluding hydrogens is 308 g/mol. The lowest BCUT2D eigenvalue weighted by Gasteiger charge is -2.28. The number of hydrogen-bond acceptors (Lipinski definition) is 2. The zero-order valence-electron chi connectivity index (χ0n) is 14.0. The van der Waals surface area contributed by atoms with Crippen molar-refractivity contribution in [3.63, 3.8) is 0 Å². The van der Waals surface area contributed by atoms with E-state index >= 15 is 0 Å². The van der Waals surface area contributed by atoms with Gasteiger partial charge in [0.25, 0.3) is 0 Å². The van der Waals surface area contributed by atoms with E-state index in [1.54, 1.807) is 0 Å². The lowest BCUT2D eigenvalue weighted by molar-refractivity contribution is 0.524. The fraction of sp³-hybridized carbons (Fsp3) is 0.143. The van der Waals surface area contributed by atoms with E-state index in [9.17, 15) is 0 Å². The van der Waals surface area contributed by atoms with Gasteiger partial charge in [-0.05, 0) is 19.4 Å². The van der Waals surface area contributed by atoms with Crippen LogP contribution in [0.1, 0.15) is 30.4 Å². The molecule has 2 aromatic carbocycles. The molecule has 0 bridgehead atoms. The van der Waals surface area contributed by atoms with Crippen molar-refractivity contribution in [2.45, 2.75) is 18.8 Å². The summed E-state index contributed by atoms with van der Waals surface area (Å²) in [7, 11) is 0. The van der Waals surface area contributed by atoms with Crippen LogP contribution in [0.4, 0.5) is 0 Å². The molecule has 4 aromatic rings. The smallest absolute Gasteiger partial charge is 0.181 e. The maximum absolute atomic E-state index is 4.82. The molecule has 122 valence electrons. The average Bonchev–Trinajstić information content (AvgIpc) is 3.29. The Labute approximate surface area is 145 Å². The van der Waals surface area contributed by atoms with Crippen LogP contribution in [0.2, 0.25) is 0 Å². The van der Waals surface area contributed by atoms with Crippen LogP contribution in [0.5, 0.6) is 0 Å². The summed E-state index contributed by atoms with van der Waals surface area (Å²) < 4.78 is 0. The minimum Gasteiger partial charge on any atom is -0.357 e. The largest absolute Gasteiger partial charge is 0.357 e. The number of aromatic amines is 2. The van der Waals surface area contributed by atoms with Gasteiger partial charge in [0.05, 0.1) is 5.41 Å². The molecule has 2 N–H and O–H groups in total. The molecule has 25 heavy (non-hydrogen) atoms.